The van der Waals surface area contributed by atoms with Crippen LogP contribution in [0.3, 0.4) is 0 Å². The van der Waals surface area contributed by atoms with Gasteiger partial charge in [-0.2, -0.15) is 12.7 Å². The molecule has 1 aromatic rings. The van der Waals surface area contributed by atoms with Gasteiger partial charge in [0.25, 0.3) is 10.2 Å². The van der Waals surface area contributed by atoms with E-state index in [9.17, 15) is 8.42 Å². The van der Waals surface area contributed by atoms with Gasteiger partial charge >= 0.3 is 0 Å². The molecule has 1 aliphatic rings. The standard InChI is InChI=1S/C15H25N3O3S/c1-13-4-5-14(12-15(13)21-3)6-7-16-22(19,20)18-10-8-17(2)9-11-18/h4-5,12,16H,6-11H2,1-3H3. The smallest absolute Gasteiger partial charge is 0.279 e. The summed E-state index contributed by atoms with van der Waals surface area (Å²) in [7, 11) is 0.268. The van der Waals surface area contributed by atoms with Crippen molar-refractivity contribution in [2.75, 3.05) is 46.9 Å². The summed E-state index contributed by atoms with van der Waals surface area (Å²) in [6.07, 6.45) is 0.642. The second kappa shape index (κ2) is 7.41. The van der Waals surface area contributed by atoms with Crippen molar-refractivity contribution >= 4 is 10.2 Å². The number of nitrogens with one attached hydrogen (secondary N) is 1. The topological polar surface area (TPSA) is 61.9 Å². The van der Waals surface area contributed by atoms with Crippen LogP contribution in [0.4, 0.5) is 0 Å². The normalized spacial score (nSPS) is 17.6. The van der Waals surface area contributed by atoms with Gasteiger partial charge < -0.3 is 9.64 Å². The number of rotatable bonds is 6. The zero-order valence-electron chi connectivity index (χ0n) is 13.5. The molecule has 1 saturated heterocycles. The molecule has 0 aliphatic carbocycles. The number of benzene rings is 1. The van der Waals surface area contributed by atoms with Crippen LogP contribution in [-0.2, 0) is 16.6 Å². The summed E-state index contributed by atoms with van der Waals surface area (Å²) < 4.78 is 33.9. The highest BCUT2D eigenvalue weighted by Crippen LogP contribution is 2.19. The third-order valence-corrected chi connectivity index (χ3v) is 5.59. The monoisotopic (exact) mass is 327 g/mol. The van der Waals surface area contributed by atoms with Gasteiger partial charge in [0, 0.05) is 32.7 Å². The zero-order valence-corrected chi connectivity index (χ0v) is 14.3. The van der Waals surface area contributed by atoms with Gasteiger partial charge in [-0.05, 0) is 37.6 Å². The van der Waals surface area contributed by atoms with E-state index in [1.807, 2.05) is 32.2 Å². The van der Waals surface area contributed by atoms with Crippen LogP contribution in [0.2, 0.25) is 0 Å². The lowest BCUT2D eigenvalue weighted by atomic mass is 10.1. The lowest BCUT2D eigenvalue weighted by Gasteiger charge is -2.31. The number of likely N-dealkylation sites (N-methyl/N-ethyl adjacent to an activating group) is 1. The van der Waals surface area contributed by atoms with Crippen LogP contribution in [0.1, 0.15) is 11.1 Å². The summed E-state index contributed by atoms with van der Waals surface area (Å²) >= 11 is 0. The Bertz CT molecular complexity index is 596. The highest BCUT2D eigenvalue weighted by Gasteiger charge is 2.24. The van der Waals surface area contributed by atoms with Crippen molar-refractivity contribution in [3.05, 3.63) is 29.3 Å². The minimum absolute atomic E-state index is 0.390. The number of ether oxygens (including phenoxy) is 1. The van der Waals surface area contributed by atoms with E-state index >= 15 is 0 Å². The van der Waals surface area contributed by atoms with Crippen LogP contribution < -0.4 is 9.46 Å². The van der Waals surface area contributed by atoms with Crippen LogP contribution in [0.25, 0.3) is 0 Å². The van der Waals surface area contributed by atoms with E-state index < -0.39 is 10.2 Å². The molecule has 0 unspecified atom stereocenters. The van der Waals surface area contributed by atoms with Gasteiger partial charge in [-0.1, -0.05) is 12.1 Å². The minimum Gasteiger partial charge on any atom is -0.496 e. The maximum Gasteiger partial charge on any atom is 0.279 e. The fourth-order valence-electron chi connectivity index (χ4n) is 2.46. The number of hydrogen-bond acceptors (Lipinski definition) is 4. The fraction of sp³-hybridized carbons (Fsp3) is 0.600. The van der Waals surface area contributed by atoms with Crippen LogP contribution in [0.5, 0.6) is 5.75 Å². The van der Waals surface area contributed by atoms with E-state index in [-0.39, 0.29) is 0 Å². The van der Waals surface area contributed by atoms with Gasteiger partial charge in [0.1, 0.15) is 5.75 Å². The molecule has 22 heavy (non-hydrogen) atoms. The van der Waals surface area contributed by atoms with Gasteiger partial charge in [-0.3, -0.25) is 0 Å². The summed E-state index contributed by atoms with van der Waals surface area (Å²) in [4.78, 5) is 2.13. The molecule has 1 aromatic carbocycles. The zero-order chi connectivity index (χ0) is 16.2. The Kier molecular flexibility index (Phi) is 5.80. The third-order valence-electron chi connectivity index (χ3n) is 3.97. The Labute approximate surface area is 133 Å². The molecule has 0 radical (unpaired) electrons. The Morgan fingerprint density at radius 3 is 2.55 bits per heavy atom. The molecule has 0 spiro atoms. The highest BCUT2D eigenvalue weighted by atomic mass is 32.2. The van der Waals surface area contributed by atoms with E-state index in [0.29, 0.717) is 26.1 Å². The SMILES string of the molecule is COc1cc(CCNS(=O)(=O)N2CCN(C)CC2)ccc1C. The first-order valence-electron chi connectivity index (χ1n) is 7.49. The van der Waals surface area contributed by atoms with E-state index in [2.05, 4.69) is 9.62 Å². The van der Waals surface area contributed by atoms with Gasteiger partial charge in [-0.15, -0.1) is 0 Å². The first-order chi connectivity index (χ1) is 10.4. The van der Waals surface area contributed by atoms with Crippen molar-refractivity contribution in [2.45, 2.75) is 13.3 Å². The fourth-order valence-corrected chi connectivity index (χ4v) is 3.65. The first kappa shape index (κ1) is 17.2. The molecule has 1 fully saturated rings. The van der Waals surface area contributed by atoms with Crippen molar-refractivity contribution in [3.63, 3.8) is 0 Å². The van der Waals surface area contributed by atoms with Crippen LogP contribution in [-0.4, -0.2) is 64.5 Å². The van der Waals surface area contributed by atoms with E-state index in [1.54, 1.807) is 7.11 Å². The van der Waals surface area contributed by atoms with Crippen LogP contribution in [0.15, 0.2) is 18.2 Å². The Balaban J connectivity index is 1.87. The molecule has 0 atom stereocenters. The number of piperazine rings is 1. The summed E-state index contributed by atoms with van der Waals surface area (Å²) in [6, 6.07) is 5.95. The minimum atomic E-state index is -3.38. The second-order valence-corrected chi connectivity index (χ2v) is 7.41. The highest BCUT2D eigenvalue weighted by molar-refractivity contribution is 7.87. The predicted molar refractivity (Wildman–Crippen MR) is 87.4 cm³/mol. The number of hydrogen-bond donors (Lipinski definition) is 1. The van der Waals surface area contributed by atoms with Crippen molar-refractivity contribution in [3.8, 4) is 5.75 Å². The third kappa shape index (κ3) is 4.42. The van der Waals surface area contributed by atoms with Gasteiger partial charge in [-0.25, -0.2) is 4.72 Å². The molecular weight excluding hydrogens is 302 g/mol. The summed E-state index contributed by atoms with van der Waals surface area (Å²) in [5.74, 6) is 0.833. The summed E-state index contributed by atoms with van der Waals surface area (Å²) in [5, 5.41) is 0. The molecule has 1 heterocycles. The van der Waals surface area contributed by atoms with Gasteiger partial charge in [0.05, 0.1) is 7.11 Å². The molecule has 0 bridgehead atoms. The predicted octanol–water partition coefficient (Wildman–Crippen LogP) is 0.628. The molecule has 124 valence electrons. The number of aryl methyl sites for hydroxylation is 1. The van der Waals surface area contributed by atoms with E-state index in [1.165, 1.54) is 4.31 Å². The Morgan fingerprint density at radius 1 is 1.23 bits per heavy atom. The molecule has 0 aromatic heterocycles. The van der Waals surface area contributed by atoms with Crippen LogP contribution in [0, 0.1) is 6.92 Å². The lowest BCUT2D eigenvalue weighted by molar-refractivity contribution is 0.221. The number of methoxy groups -OCH3 is 1. The number of nitrogens with zero attached hydrogens (tertiary/aromatic N) is 2. The molecule has 7 heteroatoms. The van der Waals surface area contributed by atoms with E-state index in [0.717, 1.165) is 30.0 Å². The van der Waals surface area contributed by atoms with Crippen molar-refractivity contribution in [2.24, 2.45) is 0 Å². The average molecular weight is 327 g/mol. The largest absolute Gasteiger partial charge is 0.496 e. The summed E-state index contributed by atoms with van der Waals surface area (Å²) in [5.41, 5.74) is 2.13. The molecule has 1 N–H and O–H groups in total. The van der Waals surface area contributed by atoms with E-state index in [4.69, 9.17) is 4.74 Å². The quantitative estimate of drug-likeness (QED) is 0.832. The first-order valence-corrected chi connectivity index (χ1v) is 8.93. The molecule has 0 amide bonds. The maximum atomic E-state index is 12.2. The average Bonchev–Trinajstić information content (AvgIpc) is 2.49. The van der Waals surface area contributed by atoms with Crippen molar-refractivity contribution in [1.29, 1.82) is 0 Å². The molecule has 1 aliphatic heterocycles. The molecular formula is C15H25N3O3S. The summed E-state index contributed by atoms with van der Waals surface area (Å²) in [6.45, 7) is 5.01. The lowest BCUT2D eigenvalue weighted by Crippen LogP contribution is -2.51. The molecule has 2 rings (SSSR count). The van der Waals surface area contributed by atoms with Crippen molar-refractivity contribution < 1.29 is 13.2 Å². The second-order valence-electron chi connectivity index (χ2n) is 5.66. The van der Waals surface area contributed by atoms with Gasteiger partial charge in [0.15, 0.2) is 0 Å². The Morgan fingerprint density at radius 2 is 1.91 bits per heavy atom. The Hall–Kier alpha value is -1.15. The molecule has 6 nitrogen and oxygen atoms in total. The van der Waals surface area contributed by atoms with Gasteiger partial charge in [0.2, 0.25) is 0 Å². The van der Waals surface area contributed by atoms with Crippen molar-refractivity contribution in [1.82, 2.24) is 13.9 Å². The van der Waals surface area contributed by atoms with Crippen LogP contribution >= 0.6 is 0 Å². The molecule has 0 saturated carbocycles. The maximum absolute atomic E-state index is 12.2.